The molecule has 0 radical (unpaired) electrons. The molecule has 2 heterocycles. The fourth-order valence-corrected chi connectivity index (χ4v) is 2.68. The number of aryl methyl sites for hydroxylation is 2. The fourth-order valence-electron chi connectivity index (χ4n) is 2.68. The zero-order valence-electron chi connectivity index (χ0n) is 12.9. The molecule has 1 aromatic heterocycles. The van der Waals surface area contributed by atoms with Crippen LogP contribution >= 0.6 is 0 Å². The fraction of sp³-hybridized carbons (Fsp3) is 0.375. The number of aromatic nitrogens is 2. The number of benzene rings is 1. The quantitative estimate of drug-likeness (QED) is 0.789. The van der Waals surface area contributed by atoms with Gasteiger partial charge in [0, 0.05) is 37.8 Å². The van der Waals surface area contributed by atoms with Crippen molar-refractivity contribution in [2.45, 2.75) is 19.4 Å². The van der Waals surface area contributed by atoms with E-state index in [-0.39, 0.29) is 12.1 Å². The highest BCUT2D eigenvalue weighted by Gasteiger charge is 2.19. The smallest absolute Gasteiger partial charge is 0.315 e. The summed E-state index contributed by atoms with van der Waals surface area (Å²) in [5.74, 6) is 0.858. The van der Waals surface area contributed by atoms with Crippen LogP contribution < -0.4 is 16.0 Å². The van der Waals surface area contributed by atoms with Gasteiger partial charge in [-0.05, 0) is 19.4 Å². The van der Waals surface area contributed by atoms with Crippen molar-refractivity contribution in [1.29, 1.82) is 0 Å². The second-order valence-corrected chi connectivity index (χ2v) is 5.67. The van der Waals surface area contributed by atoms with Gasteiger partial charge in [0.1, 0.15) is 5.82 Å². The molecule has 0 aliphatic carbocycles. The highest BCUT2D eigenvalue weighted by atomic mass is 16.2. The van der Waals surface area contributed by atoms with Crippen LogP contribution in [0.25, 0.3) is 11.3 Å². The number of carbonyl (C=O) groups is 1. The summed E-state index contributed by atoms with van der Waals surface area (Å²) in [5, 5.41) is 13.5. The van der Waals surface area contributed by atoms with Crippen molar-refractivity contribution in [2.24, 2.45) is 7.05 Å². The number of urea groups is 1. The highest BCUT2D eigenvalue weighted by Crippen LogP contribution is 2.22. The molecule has 1 aromatic carbocycles. The van der Waals surface area contributed by atoms with E-state index >= 15 is 0 Å². The van der Waals surface area contributed by atoms with Crippen LogP contribution in [0.15, 0.2) is 30.3 Å². The molecule has 3 N–H and O–H groups in total. The first-order chi connectivity index (χ1) is 10.6. The van der Waals surface area contributed by atoms with E-state index in [9.17, 15) is 4.79 Å². The molecule has 1 atom stereocenters. The summed E-state index contributed by atoms with van der Waals surface area (Å²) in [6, 6.07) is 10.6. The first-order valence-electron chi connectivity index (χ1n) is 7.51. The molecule has 22 heavy (non-hydrogen) atoms. The van der Waals surface area contributed by atoms with Gasteiger partial charge in [-0.3, -0.25) is 4.68 Å². The number of hydrogen-bond acceptors (Lipinski definition) is 3. The molecule has 0 bridgehead atoms. The van der Waals surface area contributed by atoms with E-state index in [4.69, 9.17) is 0 Å². The van der Waals surface area contributed by atoms with Crippen LogP contribution in [-0.2, 0) is 7.05 Å². The van der Waals surface area contributed by atoms with Crippen molar-refractivity contribution in [3.8, 4) is 11.3 Å². The molecule has 6 heteroatoms. The van der Waals surface area contributed by atoms with Gasteiger partial charge in [-0.1, -0.05) is 23.8 Å². The third-order valence-corrected chi connectivity index (χ3v) is 3.84. The van der Waals surface area contributed by atoms with Gasteiger partial charge in [0.2, 0.25) is 0 Å². The summed E-state index contributed by atoms with van der Waals surface area (Å²) in [6.45, 7) is 3.55. The van der Waals surface area contributed by atoms with Gasteiger partial charge in [0.05, 0.1) is 5.69 Å². The third kappa shape index (κ3) is 3.21. The van der Waals surface area contributed by atoms with Crippen LogP contribution in [0.2, 0.25) is 0 Å². The first kappa shape index (κ1) is 14.4. The number of carbonyl (C=O) groups excluding carboxylic acids is 1. The zero-order valence-corrected chi connectivity index (χ0v) is 12.9. The van der Waals surface area contributed by atoms with E-state index in [1.54, 1.807) is 0 Å². The van der Waals surface area contributed by atoms with E-state index in [1.165, 1.54) is 5.56 Å². The second kappa shape index (κ2) is 6.09. The lowest BCUT2D eigenvalue weighted by Crippen LogP contribution is -2.28. The van der Waals surface area contributed by atoms with E-state index in [2.05, 4.69) is 58.3 Å². The summed E-state index contributed by atoms with van der Waals surface area (Å²) in [4.78, 5) is 11.1. The average molecular weight is 299 g/mol. The van der Waals surface area contributed by atoms with Gasteiger partial charge in [-0.2, -0.15) is 5.10 Å². The zero-order chi connectivity index (χ0) is 15.5. The Morgan fingerprint density at radius 2 is 2.27 bits per heavy atom. The largest absolute Gasteiger partial charge is 0.369 e. The predicted octanol–water partition coefficient (Wildman–Crippen LogP) is 1.88. The van der Waals surface area contributed by atoms with Gasteiger partial charge in [0.15, 0.2) is 0 Å². The molecule has 6 nitrogen and oxygen atoms in total. The van der Waals surface area contributed by atoms with Crippen LogP contribution in [-0.4, -0.2) is 34.9 Å². The molecule has 2 amide bonds. The summed E-state index contributed by atoms with van der Waals surface area (Å²) >= 11 is 0. The monoisotopic (exact) mass is 299 g/mol. The van der Waals surface area contributed by atoms with E-state index in [0.29, 0.717) is 6.54 Å². The van der Waals surface area contributed by atoms with Crippen molar-refractivity contribution < 1.29 is 4.79 Å². The van der Waals surface area contributed by atoms with Crippen LogP contribution in [0, 0.1) is 6.92 Å². The summed E-state index contributed by atoms with van der Waals surface area (Å²) in [5.41, 5.74) is 3.48. The van der Waals surface area contributed by atoms with Gasteiger partial charge in [0.25, 0.3) is 0 Å². The summed E-state index contributed by atoms with van der Waals surface area (Å²) in [7, 11) is 1.95. The number of hydrogen-bond donors (Lipinski definition) is 3. The Hall–Kier alpha value is -2.50. The Morgan fingerprint density at radius 3 is 3.00 bits per heavy atom. The van der Waals surface area contributed by atoms with Gasteiger partial charge < -0.3 is 16.0 Å². The Balaban J connectivity index is 1.61. The van der Waals surface area contributed by atoms with Crippen LogP contribution in [0.3, 0.4) is 0 Å². The number of nitrogens with zero attached hydrogens (tertiary/aromatic N) is 2. The maximum absolute atomic E-state index is 11.1. The van der Waals surface area contributed by atoms with Gasteiger partial charge in [-0.25, -0.2) is 4.79 Å². The maximum atomic E-state index is 11.1. The van der Waals surface area contributed by atoms with Crippen molar-refractivity contribution in [3.05, 3.63) is 35.9 Å². The Kier molecular flexibility index (Phi) is 4.00. The van der Waals surface area contributed by atoms with Crippen molar-refractivity contribution in [3.63, 3.8) is 0 Å². The molecular weight excluding hydrogens is 278 g/mol. The van der Waals surface area contributed by atoms with Crippen molar-refractivity contribution in [2.75, 3.05) is 18.4 Å². The molecule has 0 unspecified atom stereocenters. The topological polar surface area (TPSA) is 71.0 Å². The molecule has 116 valence electrons. The normalized spacial score (nSPS) is 17.2. The summed E-state index contributed by atoms with van der Waals surface area (Å²) < 4.78 is 1.88. The minimum atomic E-state index is -0.0791. The molecule has 2 aromatic rings. The van der Waals surface area contributed by atoms with Crippen LogP contribution in [0.5, 0.6) is 0 Å². The lowest BCUT2D eigenvalue weighted by Gasteiger charge is -2.08. The van der Waals surface area contributed by atoms with Crippen molar-refractivity contribution in [1.82, 2.24) is 20.4 Å². The maximum Gasteiger partial charge on any atom is 0.315 e. The molecule has 3 rings (SSSR count). The Labute approximate surface area is 129 Å². The Morgan fingerprint density at radius 1 is 1.41 bits per heavy atom. The Bertz CT molecular complexity index is 679. The molecular formula is C16H21N5O. The SMILES string of the molecule is Cc1cccc(-c2cc(NCC[C@H]3CNC(=O)N3)nn2C)c1. The molecule has 1 aliphatic heterocycles. The lowest BCUT2D eigenvalue weighted by atomic mass is 10.1. The lowest BCUT2D eigenvalue weighted by molar-refractivity contribution is 0.247. The average Bonchev–Trinajstić information content (AvgIpc) is 3.05. The minimum Gasteiger partial charge on any atom is -0.369 e. The van der Waals surface area contributed by atoms with E-state index < -0.39 is 0 Å². The van der Waals surface area contributed by atoms with Gasteiger partial charge in [-0.15, -0.1) is 0 Å². The first-order valence-corrected chi connectivity index (χ1v) is 7.51. The number of rotatable bonds is 5. The van der Waals surface area contributed by atoms with Crippen LogP contribution in [0.4, 0.5) is 10.6 Å². The molecule has 1 aliphatic rings. The molecule has 1 saturated heterocycles. The minimum absolute atomic E-state index is 0.0791. The third-order valence-electron chi connectivity index (χ3n) is 3.84. The predicted molar refractivity (Wildman–Crippen MR) is 86.8 cm³/mol. The second-order valence-electron chi connectivity index (χ2n) is 5.67. The van der Waals surface area contributed by atoms with E-state index in [1.807, 2.05) is 11.7 Å². The molecule has 0 spiro atoms. The van der Waals surface area contributed by atoms with E-state index in [0.717, 1.165) is 30.0 Å². The molecule has 0 saturated carbocycles. The molecule has 1 fully saturated rings. The van der Waals surface area contributed by atoms with Crippen LogP contribution in [0.1, 0.15) is 12.0 Å². The van der Waals surface area contributed by atoms with Crippen molar-refractivity contribution >= 4 is 11.8 Å². The standard InChI is InChI=1S/C16H21N5O/c1-11-4-3-5-12(8-11)14-9-15(20-21(14)2)17-7-6-13-10-18-16(22)19-13/h3-5,8-9,13H,6-7,10H2,1-2H3,(H,17,20)(H2,18,19,22)/t13-/m0/s1. The highest BCUT2D eigenvalue weighted by molar-refractivity contribution is 5.76. The number of amides is 2. The number of nitrogens with one attached hydrogen (secondary N) is 3. The van der Waals surface area contributed by atoms with Gasteiger partial charge >= 0.3 is 6.03 Å². The summed E-state index contributed by atoms with van der Waals surface area (Å²) in [6.07, 6.45) is 0.870. The number of anilines is 1.